The summed E-state index contributed by atoms with van der Waals surface area (Å²) in [7, 11) is 3.57. The van der Waals surface area contributed by atoms with Crippen molar-refractivity contribution in [2.24, 2.45) is 7.05 Å². The Hall–Kier alpha value is -2.62. The summed E-state index contributed by atoms with van der Waals surface area (Å²) >= 11 is 0. The molecule has 31 heavy (non-hydrogen) atoms. The standard InChI is InChI=1S/C23H27NO7/c1-24-11-14(10-13-6-8-15(29-2)9-7-13)19-16(24)4-3-5-17(19)30-23-22(28)21(27)20(26)18(12-25)31-23/h3-9,11,18,20-23,25-28H,10,12H2,1-2H3/t18-,20-,21+,22-,23-/m1/s1. The molecular formula is C23H27NO7. The second-order valence-corrected chi connectivity index (χ2v) is 7.76. The largest absolute Gasteiger partial charge is 0.497 e. The van der Waals surface area contributed by atoms with Crippen LogP contribution in [0, 0.1) is 0 Å². The lowest BCUT2D eigenvalue weighted by Gasteiger charge is -2.39. The van der Waals surface area contributed by atoms with Crippen LogP contribution in [0.4, 0.5) is 0 Å². The van der Waals surface area contributed by atoms with E-state index in [1.165, 1.54) is 0 Å². The predicted molar refractivity (Wildman–Crippen MR) is 113 cm³/mol. The number of hydrogen-bond acceptors (Lipinski definition) is 7. The first-order valence-corrected chi connectivity index (χ1v) is 10.1. The highest BCUT2D eigenvalue weighted by atomic mass is 16.7. The zero-order chi connectivity index (χ0) is 22.1. The molecule has 4 rings (SSSR count). The number of rotatable bonds is 6. The van der Waals surface area contributed by atoms with E-state index in [-0.39, 0.29) is 0 Å². The van der Waals surface area contributed by atoms with Gasteiger partial charge < -0.3 is 39.2 Å². The minimum absolute atomic E-state index is 0.478. The molecular weight excluding hydrogens is 402 g/mol. The van der Waals surface area contributed by atoms with E-state index in [9.17, 15) is 20.4 Å². The van der Waals surface area contributed by atoms with Crippen LogP contribution in [-0.4, -0.2) is 69.4 Å². The lowest BCUT2D eigenvalue weighted by atomic mass is 9.99. The third-order valence-electron chi connectivity index (χ3n) is 5.70. The summed E-state index contributed by atoms with van der Waals surface area (Å²) < 4.78 is 18.7. The Morgan fingerprint density at radius 3 is 2.42 bits per heavy atom. The first kappa shape index (κ1) is 21.6. The second-order valence-electron chi connectivity index (χ2n) is 7.76. The molecule has 4 N–H and O–H groups in total. The second kappa shape index (κ2) is 8.86. The van der Waals surface area contributed by atoms with E-state index in [1.54, 1.807) is 13.2 Å². The number of hydrogen-bond donors (Lipinski definition) is 4. The fourth-order valence-electron chi connectivity index (χ4n) is 3.99. The maximum atomic E-state index is 10.4. The van der Waals surface area contributed by atoms with Gasteiger partial charge in [0.25, 0.3) is 0 Å². The van der Waals surface area contributed by atoms with Crippen LogP contribution in [0.25, 0.3) is 10.9 Å². The van der Waals surface area contributed by atoms with Crippen molar-refractivity contribution in [3.05, 3.63) is 59.8 Å². The first-order chi connectivity index (χ1) is 14.9. The van der Waals surface area contributed by atoms with Crippen molar-refractivity contribution in [1.82, 2.24) is 4.57 Å². The van der Waals surface area contributed by atoms with Gasteiger partial charge in [-0.15, -0.1) is 0 Å². The Balaban J connectivity index is 1.66. The molecule has 8 nitrogen and oxygen atoms in total. The average Bonchev–Trinajstić information content (AvgIpc) is 3.10. The molecule has 0 amide bonds. The van der Waals surface area contributed by atoms with Gasteiger partial charge in [0, 0.05) is 18.6 Å². The van der Waals surface area contributed by atoms with Crippen molar-refractivity contribution in [3.63, 3.8) is 0 Å². The summed E-state index contributed by atoms with van der Waals surface area (Å²) in [6.07, 6.45) is -4.00. The van der Waals surface area contributed by atoms with Crippen molar-refractivity contribution in [1.29, 1.82) is 0 Å². The zero-order valence-electron chi connectivity index (χ0n) is 17.4. The lowest BCUT2D eigenvalue weighted by molar-refractivity contribution is -0.277. The van der Waals surface area contributed by atoms with Gasteiger partial charge in [-0.1, -0.05) is 18.2 Å². The third kappa shape index (κ3) is 4.13. The first-order valence-electron chi connectivity index (χ1n) is 10.1. The number of aliphatic hydroxyl groups is 4. The van der Waals surface area contributed by atoms with Gasteiger partial charge in [0.05, 0.1) is 19.2 Å². The molecule has 2 aromatic carbocycles. The van der Waals surface area contributed by atoms with Gasteiger partial charge >= 0.3 is 0 Å². The lowest BCUT2D eigenvalue weighted by Crippen LogP contribution is -2.60. The van der Waals surface area contributed by atoms with Crippen molar-refractivity contribution in [2.45, 2.75) is 37.1 Å². The summed E-state index contributed by atoms with van der Waals surface area (Å²) in [5, 5.41) is 40.7. The summed E-state index contributed by atoms with van der Waals surface area (Å²) in [5.74, 6) is 1.26. The quantitative estimate of drug-likeness (QED) is 0.462. The Labute approximate surface area is 179 Å². The van der Waals surface area contributed by atoms with Crippen LogP contribution in [0.3, 0.4) is 0 Å². The highest BCUT2D eigenvalue weighted by Crippen LogP contribution is 2.34. The molecule has 1 fully saturated rings. The molecule has 166 valence electrons. The Morgan fingerprint density at radius 2 is 1.74 bits per heavy atom. The number of benzene rings is 2. The van der Waals surface area contributed by atoms with E-state index in [0.29, 0.717) is 12.2 Å². The molecule has 0 aliphatic carbocycles. The van der Waals surface area contributed by atoms with Crippen LogP contribution in [0.15, 0.2) is 48.7 Å². The molecule has 3 aromatic rings. The molecule has 1 saturated heterocycles. The number of aromatic nitrogens is 1. The summed E-state index contributed by atoms with van der Waals surface area (Å²) in [6, 6.07) is 13.4. The highest BCUT2D eigenvalue weighted by molar-refractivity contribution is 5.90. The van der Waals surface area contributed by atoms with Crippen LogP contribution in [0.5, 0.6) is 11.5 Å². The Kier molecular flexibility index (Phi) is 6.17. The number of methoxy groups -OCH3 is 1. The van der Waals surface area contributed by atoms with E-state index in [1.807, 2.05) is 54.2 Å². The van der Waals surface area contributed by atoms with Gasteiger partial charge in [-0.05, 0) is 41.8 Å². The van der Waals surface area contributed by atoms with Crippen molar-refractivity contribution < 1.29 is 34.6 Å². The van der Waals surface area contributed by atoms with Crippen molar-refractivity contribution in [3.8, 4) is 11.5 Å². The molecule has 1 aliphatic rings. The maximum Gasteiger partial charge on any atom is 0.229 e. The molecule has 2 heterocycles. The smallest absolute Gasteiger partial charge is 0.229 e. The SMILES string of the molecule is COc1ccc(Cc2cn(C)c3cccc(O[C@@H]4O[C@H](CO)[C@@H](O)[C@H](O)[C@H]4O)c23)cc1. The van der Waals surface area contributed by atoms with Gasteiger partial charge in [-0.2, -0.15) is 0 Å². The van der Waals surface area contributed by atoms with Crippen LogP contribution in [0.2, 0.25) is 0 Å². The van der Waals surface area contributed by atoms with Crippen molar-refractivity contribution in [2.75, 3.05) is 13.7 Å². The number of aryl methyl sites for hydroxylation is 1. The van der Waals surface area contributed by atoms with Crippen LogP contribution in [-0.2, 0) is 18.2 Å². The molecule has 5 atom stereocenters. The summed E-state index contributed by atoms with van der Waals surface area (Å²) in [4.78, 5) is 0. The highest BCUT2D eigenvalue weighted by Gasteiger charge is 2.44. The van der Waals surface area contributed by atoms with E-state index in [2.05, 4.69) is 0 Å². The van der Waals surface area contributed by atoms with Gasteiger partial charge in [-0.3, -0.25) is 0 Å². The molecule has 1 aromatic heterocycles. The van der Waals surface area contributed by atoms with E-state index in [4.69, 9.17) is 14.2 Å². The summed E-state index contributed by atoms with van der Waals surface area (Å²) in [5.41, 5.74) is 3.05. The van der Waals surface area contributed by atoms with Crippen molar-refractivity contribution >= 4 is 10.9 Å². The number of aliphatic hydroxyl groups excluding tert-OH is 4. The summed E-state index contributed by atoms with van der Waals surface area (Å²) in [6.45, 7) is -0.511. The molecule has 1 aliphatic heterocycles. The van der Waals surface area contributed by atoms with E-state index in [0.717, 1.165) is 27.8 Å². The molecule has 0 saturated carbocycles. The third-order valence-corrected chi connectivity index (χ3v) is 5.70. The van der Waals surface area contributed by atoms with Gasteiger partial charge in [0.2, 0.25) is 6.29 Å². The molecule has 8 heteroatoms. The van der Waals surface area contributed by atoms with Gasteiger partial charge in [0.1, 0.15) is 35.9 Å². The molecule has 0 bridgehead atoms. The minimum atomic E-state index is -1.50. The zero-order valence-corrected chi connectivity index (χ0v) is 17.4. The predicted octanol–water partition coefficient (Wildman–Crippen LogP) is 0.956. The number of nitrogens with zero attached hydrogens (tertiary/aromatic N) is 1. The monoisotopic (exact) mass is 429 g/mol. The number of fused-ring (bicyclic) bond motifs is 1. The molecule has 0 unspecified atom stereocenters. The van der Waals surface area contributed by atoms with Crippen LogP contribution >= 0.6 is 0 Å². The Bertz CT molecular complexity index is 1030. The van der Waals surface area contributed by atoms with Crippen LogP contribution < -0.4 is 9.47 Å². The average molecular weight is 429 g/mol. The number of ether oxygens (including phenoxy) is 3. The van der Waals surface area contributed by atoms with E-state index >= 15 is 0 Å². The fraction of sp³-hybridized carbons (Fsp3) is 0.391. The normalized spacial score (nSPS) is 26.2. The van der Waals surface area contributed by atoms with Crippen LogP contribution in [0.1, 0.15) is 11.1 Å². The minimum Gasteiger partial charge on any atom is -0.497 e. The van der Waals surface area contributed by atoms with Gasteiger partial charge in [-0.25, -0.2) is 0 Å². The molecule has 0 radical (unpaired) electrons. The molecule has 0 spiro atoms. The Morgan fingerprint density at radius 1 is 1.00 bits per heavy atom. The van der Waals surface area contributed by atoms with Gasteiger partial charge in [0.15, 0.2) is 0 Å². The van der Waals surface area contributed by atoms with E-state index < -0.39 is 37.3 Å². The fourth-order valence-corrected chi connectivity index (χ4v) is 3.99. The maximum absolute atomic E-state index is 10.4. The topological polar surface area (TPSA) is 114 Å².